The number of para-hydroxylation sites is 4. The maximum atomic E-state index is 5.32. The fourth-order valence-corrected chi connectivity index (χ4v) is 7.32. The van der Waals surface area contributed by atoms with E-state index in [2.05, 4.69) is 251 Å². The summed E-state index contributed by atoms with van der Waals surface area (Å²) in [5, 5.41) is 0. The van der Waals surface area contributed by atoms with Crippen LogP contribution < -0.4 is 14.7 Å². The van der Waals surface area contributed by atoms with Gasteiger partial charge in [0.2, 0.25) is 0 Å². The standard InChI is InChI=1S/C53H40N4/c1-7-20-41(21-8-1)43-38-52(42-22-9-2-10-23-42)54-53(39-43)57(47-30-17-6-18-31-47)49-36-34-48(35-37-49)56(46-28-15-5-16-29-46)51-33-19-32-50(40-51)55(44-24-11-3-12-25-44)45-26-13-4-14-27-45/h1-40H. The van der Waals surface area contributed by atoms with Crippen molar-refractivity contribution in [2.75, 3.05) is 14.7 Å². The zero-order chi connectivity index (χ0) is 38.2. The summed E-state index contributed by atoms with van der Waals surface area (Å²) in [6.45, 7) is 0. The van der Waals surface area contributed by atoms with Gasteiger partial charge < -0.3 is 9.80 Å². The van der Waals surface area contributed by atoms with Crippen LogP contribution in [0.15, 0.2) is 243 Å². The van der Waals surface area contributed by atoms with Crippen molar-refractivity contribution in [1.82, 2.24) is 4.98 Å². The van der Waals surface area contributed by atoms with E-state index in [1.807, 2.05) is 6.07 Å². The van der Waals surface area contributed by atoms with Crippen molar-refractivity contribution in [3.8, 4) is 22.4 Å². The van der Waals surface area contributed by atoms with Crippen LogP contribution in [-0.2, 0) is 0 Å². The van der Waals surface area contributed by atoms with E-state index in [1.165, 1.54) is 0 Å². The van der Waals surface area contributed by atoms with E-state index < -0.39 is 0 Å². The van der Waals surface area contributed by atoms with Crippen LogP contribution in [0, 0.1) is 0 Å². The van der Waals surface area contributed by atoms with Gasteiger partial charge in [-0.3, -0.25) is 4.90 Å². The maximum absolute atomic E-state index is 5.32. The predicted molar refractivity (Wildman–Crippen MR) is 239 cm³/mol. The molecule has 8 aromatic carbocycles. The largest absolute Gasteiger partial charge is 0.310 e. The molecule has 0 amide bonds. The third-order valence-corrected chi connectivity index (χ3v) is 9.99. The average Bonchev–Trinajstić information content (AvgIpc) is 3.29. The van der Waals surface area contributed by atoms with E-state index in [9.17, 15) is 0 Å². The van der Waals surface area contributed by atoms with E-state index in [0.29, 0.717) is 0 Å². The van der Waals surface area contributed by atoms with Gasteiger partial charge in [0.1, 0.15) is 5.82 Å². The van der Waals surface area contributed by atoms with Gasteiger partial charge in [0.25, 0.3) is 0 Å². The second-order valence-electron chi connectivity index (χ2n) is 13.7. The van der Waals surface area contributed by atoms with Gasteiger partial charge in [-0.2, -0.15) is 0 Å². The molecule has 0 atom stereocenters. The van der Waals surface area contributed by atoms with Crippen molar-refractivity contribution in [2.45, 2.75) is 0 Å². The molecule has 272 valence electrons. The lowest BCUT2D eigenvalue weighted by molar-refractivity contribution is 1.18. The first-order valence-electron chi connectivity index (χ1n) is 19.2. The monoisotopic (exact) mass is 732 g/mol. The van der Waals surface area contributed by atoms with Gasteiger partial charge in [0.15, 0.2) is 0 Å². The highest BCUT2D eigenvalue weighted by Crippen LogP contribution is 2.42. The van der Waals surface area contributed by atoms with Crippen LogP contribution in [0.5, 0.6) is 0 Å². The quantitative estimate of drug-likeness (QED) is 0.132. The smallest absolute Gasteiger partial charge is 0.138 e. The molecule has 0 spiro atoms. The van der Waals surface area contributed by atoms with Crippen molar-refractivity contribution < 1.29 is 0 Å². The van der Waals surface area contributed by atoms with Gasteiger partial charge in [-0.15, -0.1) is 0 Å². The maximum Gasteiger partial charge on any atom is 0.138 e. The summed E-state index contributed by atoms with van der Waals surface area (Å²) < 4.78 is 0. The van der Waals surface area contributed by atoms with E-state index in [4.69, 9.17) is 4.98 Å². The molecule has 0 radical (unpaired) electrons. The number of hydrogen-bond donors (Lipinski definition) is 0. The number of rotatable bonds is 11. The number of benzene rings is 8. The lowest BCUT2D eigenvalue weighted by atomic mass is 10.0. The number of pyridine rings is 1. The molecule has 4 heteroatoms. The van der Waals surface area contributed by atoms with E-state index >= 15 is 0 Å². The van der Waals surface area contributed by atoms with Crippen molar-refractivity contribution in [2.24, 2.45) is 0 Å². The van der Waals surface area contributed by atoms with Crippen LogP contribution in [0.3, 0.4) is 0 Å². The number of anilines is 9. The van der Waals surface area contributed by atoms with Crippen LogP contribution >= 0.6 is 0 Å². The van der Waals surface area contributed by atoms with E-state index in [0.717, 1.165) is 73.7 Å². The van der Waals surface area contributed by atoms with Crippen LogP contribution in [0.2, 0.25) is 0 Å². The third kappa shape index (κ3) is 7.66. The van der Waals surface area contributed by atoms with Crippen LogP contribution in [0.1, 0.15) is 0 Å². The Morgan fingerprint density at radius 3 is 1.00 bits per heavy atom. The molecule has 9 rings (SSSR count). The summed E-state index contributed by atoms with van der Waals surface area (Å²) >= 11 is 0. The molecule has 0 saturated carbocycles. The topological polar surface area (TPSA) is 22.6 Å². The lowest BCUT2D eigenvalue weighted by Gasteiger charge is -2.30. The Morgan fingerprint density at radius 2 is 0.561 bits per heavy atom. The molecule has 0 saturated heterocycles. The molecular formula is C53H40N4. The fourth-order valence-electron chi connectivity index (χ4n) is 7.32. The molecule has 0 aliphatic heterocycles. The Balaban J connectivity index is 1.15. The van der Waals surface area contributed by atoms with Gasteiger partial charge >= 0.3 is 0 Å². The molecule has 1 heterocycles. The molecule has 0 fully saturated rings. The first kappa shape index (κ1) is 35.0. The number of hydrogen-bond acceptors (Lipinski definition) is 4. The van der Waals surface area contributed by atoms with Gasteiger partial charge in [0.05, 0.1) is 5.69 Å². The minimum absolute atomic E-state index is 0.837. The Bertz CT molecular complexity index is 2560. The molecule has 0 N–H and O–H groups in total. The highest BCUT2D eigenvalue weighted by atomic mass is 15.2. The van der Waals surface area contributed by atoms with Crippen LogP contribution in [0.25, 0.3) is 22.4 Å². The second-order valence-corrected chi connectivity index (χ2v) is 13.7. The highest BCUT2D eigenvalue weighted by molar-refractivity contribution is 5.85. The Labute approximate surface area is 334 Å². The number of nitrogens with zero attached hydrogens (tertiary/aromatic N) is 4. The zero-order valence-corrected chi connectivity index (χ0v) is 31.4. The first-order valence-corrected chi connectivity index (χ1v) is 19.2. The predicted octanol–water partition coefficient (Wildman–Crippen LogP) is 14.8. The van der Waals surface area contributed by atoms with Crippen molar-refractivity contribution in [3.63, 3.8) is 0 Å². The van der Waals surface area contributed by atoms with Crippen molar-refractivity contribution in [3.05, 3.63) is 243 Å². The summed E-state index contributed by atoms with van der Waals surface area (Å²) in [4.78, 5) is 12.2. The summed E-state index contributed by atoms with van der Waals surface area (Å²) in [5.74, 6) is 0.837. The second kappa shape index (κ2) is 16.4. The molecule has 1 aromatic heterocycles. The SMILES string of the molecule is c1ccc(-c2cc(-c3ccccc3)nc(N(c3ccccc3)c3ccc(N(c4ccccc4)c4cccc(N(c5ccccc5)c5ccccc5)c4)cc3)c2)cc1. The van der Waals surface area contributed by atoms with Gasteiger partial charge in [-0.05, 0) is 114 Å². The zero-order valence-electron chi connectivity index (χ0n) is 31.4. The molecule has 57 heavy (non-hydrogen) atoms. The third-order valence-electron chi connectivity index (χ3n) is 9.99. The summed E-state index contributed by atoms with van der Waals surface area (Å²) in [7, 11) is 0. The molecule has 0 unspecified atom stereocenters. The molecule has 0 aliphatic rings. The van der Waals surface area contributed by atoms with Gasteiger partial charge in [0, 0.05) is 51.1 Å². The summed E-state index contributed by atoms with van der Waals surface area (Å²) in [6, 6.07) is 85.0. The minimum Gasteiger partial charge on any atom is -0.310 e. The molecule has 4 nitrogen and oxygen atoms in total. The molecular weight excluding hydrogens is 693 g/mol. The number of aromatic nitrogens is 1. The Kier molecular flexibility index (Phi) is 10.1. The van der Waals surface area contributed by atoms with Gasteiger partial charge in [-0.25, -0.2) is 4.98 Å². The molecule has 0 bridgehead atoms. The summed E-state index contributed by atoms with van der Waals surface area (Å²) in [5.41, 5.74) is 12.7. The normalized spacial score (nSPS) is 10.8. The van der Waals surface area contributed by atoms with E-state index in [-0.39, 0.29) is 0 Å². The van der Waals surface area contributed by atoms with Crippen molar-refractivity contribution in [1.29, 1.82) is 0 Å². The molecule has 9 aromatic rings. The fraction of sp³-hybridized carbons (Fsp3) is 0. The minimum atomic E-state index is 0.837. The average molecular weight is 733 g/mol. The van der Waals surface area contributed by atoms with Crippen molar-refractivity contribution >= 4 is 51.3 Å². The first-order chi connectivity index (χ1) is 28.3. The Morgan fingerprint density at radius 1 is 0.228 bits per heavy atom. The Hall–Kier alpha value is -7.69. The van der Waals surface area contributed by atoms with Crippen LogP contribution in [-0.4, -0.2) is 4.98 Å². The van der Waals surface area contributed by atoms with Crippen LogP contribution in [0.4, 0.5) is 51.3 Å². The highest BCUT2D eigenvalue weighted by Gasteiger charge is 2.20. The van der Waals surface area contributed by atoms with E-state index in [1.54, 1.807) is 0 Å². The van der Waals surface area contributed by atoms with Gasteiger partial charge in [-0.1, -0.05) is 140 Å². The lowest BCUT2D eigenvalue weighted by Crippen LogP contribution is -2.14. The molecule has 0 aliphatic carbocycles. The summed E-state index contributed by atoms with van der Waals surface area (Å²) in [6.07, 6.45) is 0.